The van der Waals surface area contributed by atoms with Gasteiger partial charge in [0.2, 0.25) is 0 Å². The molecule has 1 aromatic carbocycles. The van der Waals surface area contributed by atoms with Crippen molar-refractivity contribution in [2.75, 3.05) is 6.54 Å². The number of rotatable bonds is 4. The van der Waals surface area contributed by atoms with Gasteiger partial charge in [0, 0.05) is 17.3 Å². The fourth-order valence-electron chi connectivity index (χ4n) is 2.11. The van der Waals surface area contributed by atoms with Crippen LogP contribution in [0.3, 0.4) is 0 Å². The van der Waals surface area contributed by atoms with Gasteiger partial charge < -0.3 is 11.1 Å². The smallest absolute Gasteiger partial charge is 0.261 e. The third kappa shape index (κ3) is 2.77. The van der Waals surface area contributed by atoms with Gasteiger partial charge >= 0.3 is 0 Å². The lowest BCUT2D eigenvalue weighted by Gasteiger charge is -2.10. The van der Waals surface area contributed by atoms with E-state index in [1.807, 2.05) is 0 Å². The predicted octanol–water partition coefficient (Wildman–Crippen LogP) is 2.51. The minimum Gasteiger partial charge on any atom is -0.350 e. The summed E-state index contributed by atoms with van der Waals surface area (Å²) < 4.78 is 13.9. The lowest BCUT2D eigenvalue weighted by atomic mass is 10.2. The van der Waals surface area contributed by atoms with E-state index in [-0.39, 0.29) is 17.8 Å². The molecule has 1 saturated carbocycles. The molecule has 3 rings (SSSR count). The zero-order valence-corrected chi connectivity index (χ0v) is 11.2. The summed E-state index contributed by atoms with van der Waals surface area (Å²) in [5, 5.41) is 3.74. The molecule has 0 spiro atoms. The van der Waals surface area contributed by atoms with Crippen LogP contribution < -0.4 is 11.1 Å². The molecule has 3 N–H and O–H groups in total. The standard InChI is InChI=1S/C14H15FN2OS/c15-10-4-3-9-5-13(19-12(9)6-10)14(18)17-7-11(16)8-1-2-8/h3-6,8,11H,1-2,7,16H2,(H,17,18). The quantitative estimate of drug-likeness (QED) is 0.903. The van der Waals surface area contributed by atoms with Gasteiger partial charge in [-0.1, -0.05) is 6.07 Å². The Balaban J connectivity index is 1.70. The van der Waals surface area contributed by atoms with Crippen molar-refractivity contribution in [1.82, 2.24) is 5.32 Å². The Bertz CT molecular complexity index is 621. The molecule has 100 valence electrons. The van der Waals surface area contributed by atoms with Crippen molar-refractivity contribution in [1.29, 1.82) is 0 Å². The van der Waals surface area contributed by atoms with Crippen LogP contribution >= 0.6 is 11.3 Å². The first-order valence-corrected chi connectivity index (χ1v) is 7.18. The van der Waals surface area contributed by atoms with Crippen molar-refractivity contribution in [2.24, 2.45) is 11.7 Å². The molecule has 1 fully saturated rings. The summed E-state index contributed by atoms with van der Waals surface area (Å²) in [6.45, 7) is 0.506. The van der Waals surface area contributed by atoms with Crippen molar-refractivity contribution >= 4 is 27.3 Å². The van der Waals surface area contributed by atoms with Crippen LogP contribution in [-0.4, -0.2) is 18.5 Å². The number of amides is 1. The van der Waals surface area contributed by atoms with Gasteiger partial charge in [-0.25, -0.2) is 4.39 Å². The van der Waals surface area contributed by atoms with E-state index >= 15 is 0 Å². The highest BCUT2D eigenvalue weighted by Gasteiger charge is 2.28. The lowest BCUT2D eigenvalue weighted by molar-refractivity contribution is 0.0954. The van der Waals surface area contributed by atoms with Gasteiger partial charge in [0.25, 0.3) is 5.91 Å². The van der Waals surface area contributed by atoms with Crippen LogP contribution in [0.5, 0.6) is 0 Å². The normalized spacial score (nSPS) is 16.5. The fourth-order valence-corrected chi connectivity index (χ4v) is 3.11. The number of halogens is 1. The molecule has 1 aliphatic carbocycles. The minimum absolute atomic E-state index is 0.0516. The van der Waals surface area contributed by atoms with Gasteiger partial charge in [-0.15, -0.1) is 11.3 Å². The van der Waals surface area contributed by atoms with Crippen molar-refractivity contribution < 1.29 is 9.18 Å². The summed E-state index contributed by atoms with van der Waals surface area (Å²) in [6, 6.07) is 6.38. The van der Waals surface area contributed by atoms with E-state index in [0.29, 0.717) is 17.3 Å². The molecule has 1 aromatic heterocycles. The molecule has 0 saturated heterocycles. The van der Waals surface area contributed by atoms with Crippen LogP contribution in [0.1, 0.15) is 22.5 Å². The van der Waals surface area contributed by atoms with Gasteiger partial charge in [0.05, 0.1) is 4.88 Å². The highest BCUT2D eigenvalue weighted by Crippen LogP contribution is 2.31. The molecule has 1 atom stereocenters. The second-order valence-corrected chi connectivity index (χ2v) is 6.09. The molecule has 1 aliphatic rings. The summed E-state index contributed by atoms with van der Waals surface area (Å²) in [7, 11) is 0. The zero-order chi connectivity index (χ0) is 13.4. The Morgan fingerprint density at radius 1 is 1.47 bits per heavy atom. The lowest BCUT2D eigenvalue weighted by Crippen LogP contribution is -2.38. The Morgan fingerprint density at radius 2 is 2.26 bits per heavy atom. The van der Waals surface area contributed by atoms with Crippen LogP contribution in [0.25, 0.3) is 10.1 Å². The molecule has 19 heavy (non-hydrogen) atoms. The number of hydrogen-bond donors (Lipinski definition) is 2. The molecular formula is C14H15FN2OS. The summed E-state index contributed by atoms with van der Waals surface area (Å²) in [5.41, 5.74) is 5.94. The molecular weight excluding hydrogens is 263 g/mol. The topological polar surface area (TPSA) is 55.1 Å². The summed E-state index contributed by atoms with van der Waals surface area (Å²) in [4.78, 5) is 12.6. The molecule has 1 unspecified atom stereocenters. The number of carbonyl (C=O) groups excluding carboxylic acids is 1. The molecule has 5 heteroatoms. The summed E-state index contributed by atoms with van der Waals surface area (Å²) in [5.74, 6) is 0.159. The van der Waals surface area contributed by atoms with Crippen molar-refractivity contribution in [3.8, 4) is 0 Å². The van der Waals surface area contributed by atoms with Crippen molar-refractivity contribution in [3.63, 3.8) is 0 Å². The molecule has 1 heterocycles. The molecule has 2 aromatic rings. The van der Waals surface area contributed by atoms with E-state index < -0.39 is 0 Å². The van der Waals surface area contributed by atoms with E-state index in [9.17, 15) is 9.18 Å². The van der Waals surface area contributed by atoms with Crippen LogP contribution in [0.4, 0.5) is 4.39 Å². The first kappa shape index (κ1) is 12.6. The number of thiophene rings is 1. The SMILES string of the molecule is NC(CNC(=O)c1cc2ccc(F)cc2s1)C1CC1. The van der Waals surface area contributed by atoms with E-state index in [1.165, 1.54) is 36.3 Å². The fraction of sp³-hybridized carbons (Fsp3) is 0.357. The van der Waals surface area contributed by atoms with Crippen LogP contribution in [0.15, 0.2) is 24.3 Å². The van der Waals surface area contributed by atoms with E-state index in [1.54, 1.807) is 12.1 Å². The van der Waals surface area contributed by atoms with Crippen LogP contribution in [-0.2, 0) is 0 Å². The zero-order valence-electron chi connectivity index (χ0n) is 10.4. The molecule has 0 radical (unpaired) electrons. The number of carbonyl (C=O) groups is 1. The van der Waals surface area contributed by atoms with Gasteiger partial charge in [-0.3, -0.25) is 4.79 Å². The van der Waals surface area contributed by atoms with Gasteiger partial charge in [0.15, 0.2) is 0 Å². The third-order valence-electron chi connectivity index (χ3n) is 3.43. The van der Waals surface area contributed by atoms with E-state index in [0.717, 1.165) is 10.1 Å². The van der Waals surface area contributed by atoms with E-state index in [4.69, 9.17) is 5.73 Å². The van der Waals surface area contributed by atoms with Crippen LogP contribution in [0.2, 0.25) is 0 Å². The van der Waals surface area contributed by atoms with Crippen LogP contribution in [0, 0.1) is 11.7 Å². The molecule has 1 amide bonds. The Kier molecular flexibility index (Phi) is 3.24. The largest absolute Gasteiger partial charge is 0.350 e. The number of fused-ring (bicyclic) bond motifs is 1. The third-order valence-corrected chi connectivity index (χ3v) is 4.53. The first-order valence-electron chi connectivity index (χ1n) is 6.36. The molecule has 0 aliphatic heterocycles. The average molecular weight is 278 g/mol. The van der Waals surface area contributed by atoms with E-state index in [2.05, 4.69) is 5.32 Å². The number of nitrogens with one attached hydrogen (secondary N) is 1. The average Bonchev–Trinajstić information content (AvgIpc) is 3.15. The van der Waals surface area contributed by atoms with Gasteiger partial charge in [-0.05, 0) is 42.3 Å². The maximum absolute atomic E-state index is 13.1. The molecule has 3 nitrogen and oxygen atoms in total. The Morgan fingerprint density at radius 3 is 3.00 bits per heavy atom. The maximum Gasteiger partial charge on any atom is 0.261 e. The van der Waals surface area contributed by atoms with Crippen molar-refractivity contribution in [3.05, 3.63) is 35.0 Å². The highest BCUT2D eigenvalue weighted by molar-refractivity contribution is 7.20. The monoisotopic (exact) mass is 278 g/mol. The van der Waals surface area contributed by atoms with Crippen molar-refractivity contribution in [2.45, 2.75) is 18.9 Å². The number of benzene rings is 1. The predicted molar refractivity (Wildman–Crippen MR) is 74.8 cm³/mol. The van der Waals surface area contributed by atoms with Gasteiger partial charge in [0.1, 0.15) is 5.82 Å². The second-order valence-electron chi connectivity index (χ2n) is 5.00. The number of hydrogen-bond acceptors (Lipinski definition) is 3. The van der Waals surface area contributed by atoms with Gasteiger partial charge in [-0.2, -0.15) is 0 Å². The Hall–Kier alpha value is -1.46. The maximum atomic E-state index is 13.1. The highest BCUT2D eigenvalue weighted by atomic mass is 32.1. The number of nitrogens with two attached hydrogens (primary N) is 1. The summed E-state index contributed by atoms with van der Waals surface area (Å²) in [6.07, 6.45) is 2.33. The molecule has 0 bridgehead atoms. The second kappa shape index (κ2) is 4.90. The summed E-state index contributed by atoms with van der Waals surface area (Å²) >= 11 is 1.30. The Labute approximate surface area is 114 Å². The minimum atomic E-state index is -0.280. The first-order chi connectivity index (χ1) is 9.13.